The third-order valence-electron chi connectivity index (χ3n) is 1.35. The molecule has 0 bridgehead atoms. The van der Waals surface area contributed by atoms with Crippen molar-refractivity contribution in [3.05, 3.63) is 0 Å². The first kappa shape index (κ1) is 9.44. The molecule has 4 heteroatoms. The molecule has 0 aliphatic rings. The van der Waals surface area contributed by atoms with E-state index in [-0.39, 0.29) is 5.75 Å². The Balaban J connectivity index is 4.49. The predicted octanol–water partition coefficient (Wildman–Crippen LogP) is 0.723. The lowest BCUT2D eigenvalue weighted by atomic mass is 10.4. The van der Waals surface area contributed by atoms with Gasteiger partial charge < -0.3 is 0 Å². The topological polar surface area (TPSA) is 57.9 Å². The SMILES string of the molecule is CC[C@@H](C#N)S(=O)(=O)CC. The second-order valence-corrected chi connectivity index (χ2v) is 4.45. The average molecular weight is 161 g/mol. The Kier molecular flexibility index (Phi) is 3.37. The van der Waals surface area contributed by atoms with Crippen molar-refractivity contribution in [1.29, 1.82) is 5.26 Å². The molecule has 0 fully saturated rings. The lowest BCUT2D eigenvalue weighted by molar-refractivity contribution is 0.588. The van der Waals surface area contributed by atoms with Gasteiger partial charge in [0.1, 0.15) is 5.25 Å². The van der Waals surface area contributed by atoms with Crippen molar-refractivity contribution in [2.75, 3.05) is 5.75 Å². The van der Waals surface area contributed by atoms with E-state index in [0.29, 0.717) is 6.42 Å². The Bertz CT molecular complexity index is 225. The summed E-state index contributed by atoms with van der Waals surface area (Å²) in [5.74, 6) is 0.0546. The largest absolute Gasteiger partial charge is 0.227 e. The summed E-state index contributed by atoms with van der Waals surface area (Å²) in [5.41, 5.74) is 0. The molecule has 0 unspecified atom stereocenters. The molecule has 0 aromatic carbocycles. The van der Waals surface area contributed by atoms with E-state index in [1.807, 2.05) is 0 Å². The first-order valence-electron chi connectivity index (χ1n) is 3.19. The minimum Gasteiger partial charge on any atom is -0.227 e. The zero-order chi connectivity index (χ0) is 8.20. The van der Waals surface area contributed by atoms with Crippen molar-refractivity contribution in [2.45, 2.75) is 25.5 Å². The predicted molar refractivity (Wildman–Crippen MR) is 39.2 cm³/mol. The zero-order valence-electron chi connectivity index (χ0n) is 6.16. The minimum absolute atomic E-state index is 0.0546. The van der Waals surface area contributed by atoms with Crippen LogP contribution >= 0.6 is 0 Å². The fourth-order valence-electron chi connectivity index (χ4n) is 0.627. The summed E-state index contributed by atoms with van der Waals surface area (Å²) in [7, 11) is -3.12. The van der Waals surface area contributed by atoms with E-state index in [9.17, 15) is 8.42 Å². The Labute approximate surface area is 61.6 Å². The standard InChI is InChI=1S/C6H11NO2S/c1-3-6(5-7)10(8,9)4-2/h6H,3-4H2,1-2H3/t6-/m0/s1. The van der Waals surface area contributed by atoms with Crippen LogP contribution in [0.1, 0.15) is 20.3 Å². The van der Waals surface area contributed by atoms with Gasteiger partial charge in [0.05, 0.1) is 6.07 Å². The van der Waals surface area contributed by atoms with Gasteiger partial charge in [-0.3, -0.25) is 0 Å². The molecule has 1 atom stereocenters. The molecule has 58 valence electrons. The van der Waals surface area contributed by atoms with Gasteiger partial charge in [0, 0.05) is 5.75 Å². The number of sulfone groups is 1. The molecule has 0 aromatic rings. The molecule has 0 heterocycles. The van der Waals surface area contributed by atoms with Crippen LogP contribution in [0.5, 0.6) is 0 Å². The molecular formula is C6H11NO2S. The van der Waals surface area contributed by atoms with Crippen molar-refractivity contribution in [1.82, 2.24) is 0 Å². The fourth-order valence-corrected chi connectivity index (χ4v) is 1.70. The summed E-state index contributed by atoms with van der Waals surface area (Å²) < 4.78 is 21.9. The highest BCUT2D eigenvalue weighted by Gasteiger charge is 2.20. The monoisotopic (exact) mass is 161 g/mol. The first-order valence-corrected chi connectivity index (χ1v) is 4.91. The van der Waals surface area contributed by atoms with Crippen molar-refractivity contribution in [3.63, 3.8) is 0 Å². The van der Waals surface area contributed by atoms with E-state index in [2.05, 4.69) is 0 Å². The highest BCUT2D eigenvalue weighted by atomic mass is 32.2. The van der Waals surface area contributed by atoms with Crippen molar-refractivity contribution >= 4 is 9.84 Å². The summed E-state index contributed by atoms with van der Waals surface area (Å²) in [4.78, 5) is 0. The highest BCUT2D eigenvalue weighted by molar-refractivity contribution is 7.92. The number of nitrogens with zero attached hydrogens (tertiary/aromatic N) is 1. The van der Waals surface area contributed by atoms with E-state index in [1.165, 1.54) is 0 Å². The quantitative estimate of drug-likeness (QED) is 0.613. The fraction of sp³-hybridized carbons (Fsp3) is 0.833. The lowest BCUT2D eigenvalue weighted by Crippen LogP contribution is -2.20. The van der Waals surface area contributed by atoms with E-state index < -0.39 is 15.1 Å². The van der Waals surface area contributed by atoms with E-state index in [0.717, 1.165) is 0 Å². The molecule has 0 spiro atoms. The normalized spacial score (nSPS) is 14.1. The van der Waals surface area contributed by atoms with Crippen LogP contribution in [0.4, 0.5) is 0 Å². The van der Waals surface area contributed by atoms with Crippen LogP contribution in [0.3, 0.4) is 0 Å². The molecule has 0 N–H and O–H groups in total. The van der Waals surface area contributed by atoms with Crippen molar-refractivity contribution in [3.8, 4) is 6.07 Å². The smallest absolute Gasteiger partial charge is 0.166 e. The van der Waals surface area contributed by atoms with E-state index in [4.69, 9.17) is 5.26 Å². The summed E-state index contributed by atoms with van der Waals surface area (Å²) in [6, 6.07) is 1.75. The molecule has 10 heavy (non-hydrogen) atoms. The van der Waals surface area contributed by atoms with Gasteiger partial charge in [-0.05, 0) is 6.42 Å². The molecule has 3 nitrogen and oxygen atoms in total. The third-order valence-corrected chi connectivity index (χ3v) is 3.46. The van der Waals surface area contributed by atoms with E-state index >= 15 is 0 Å². The first-order chi connectivity index (χ1) is 4.58. The van der Waals surface area contributed by atoms with Gasteiger partial charge in [0.25, 0.3) is 0 Å². The second-order valence-electron chi connectivity index (χ2n) is 1.98. The van der Waals surface area contributed by atoms with Gasteiger partial charge in [-0.25, -0.2) is 8.42 Å². The Morgan fingerprint density at radius 3 is 2.10 bits per heavy atom. The van der Waals surface area contributed by atoms with Gasteiger partial charge in [0.15, 0.2) is 9.84 Å². The molecular weight excluding hydrogens is 150 g/mol. The molecule has 0 aromatic heterocycles. The highest BCUT2D eigenvalue weighted by Crippen LogP contribution is 2.04. The Hall–Kier alpha value is -0.560. The van der Waals surface area contributed by atoms with Gasteiger partial charge in [-0.2, -0.15) is 5.26 Å². The van der Waals surface area contributed by atoms with Gasteiger partial charge in [-0.15, -0.1) is 0 Å². The van der Waals surface area contributed by atoms with Gasteiger partial charge in [-0.1, -0.05) is 13.8 Å². The number of hydrogen-bond acceptors (Lipinski definition) is 3. The number of nitriles is 1. The lowest BCUT2D eigenvalue weighted by Gasteiger charge is -2.03. The summed E-state index contributed by atoms with van der Waals surface area (Å²) in [5, 5.41) is 7.56. The van der Waals surface area contributed by atoms with Crippen LogP contribution in [0.25, 0.3) is 0 Å². The summed E-state index contributed by atoms with van der Waals surface area (Å²) in [6.45, 7) is 3.25. The Morgan fingerprint density at radius 1 is 1.50 bits per heavy atom. The number of hydrogen-bond donors (Lipinski definition) is 0. The van der Waals surface area contributed by atoms with Gasteiger partial charge in [0.2, 0.25) is 0 Å². The molecule has 0 rings (SSSR count). The minimum atomic E-state index is -3.12. The molecule has 0 radical (unpaired) electrons. The maximum Gasteiger partial charge on any atom is 0.166 e. The summed E-state index contributed by atoms with van der Waals surface area (Å²) >= 11 is 0. The molecule has 0 saturated heterocycles. The molecule has 0 amide bonds. The zero-order valence-corrected chi connectivity index (χ0v) is 6.98. The van der Waals surface area contributed by atoms with Crippen LogP contribution in [0.2, 0.25) is 0 Å². The summed E-state index contributed by atoms with van der Waals surface area (Å²) in [6.07, 6.45) is 0.382. The molecule has 0 aliphatic carbocycles. The maximum absolute atomic E-state index is 10.9. The van der Waals surface area contributed by atoms with Crippen LogP contribution in [-0.4, -0.2) is 19.4 Å². The molecule has 0 saturated carbocycles. The Morgan fingerprint density at radius 2 is 2.00 bits per heavy atom. The van der Waals surface area contributed by atoms with Crippen LogP contribution in [0.15, 0.2) is 0 Å². The molecule has 0 aliphatic heterocycles. The maximum atomic E-state index is 10.9. The van der Waals surface area contributed by atoms with Crippen molar-refractivity contribution in [2.24, 2.45) is 0 Å². The van der Waals surface area contributed by atoms with Crippen LogP contribution in [-0.2, 0) is 9.84 Å². The van der Waals surface area contributed by atoms with Crippen LogP contribution in [0, 0.1) is 11.3 Å². The van der Waals surface area contributed by atoms with Crippen LogP contribution < -0.4 is 0 Å². The third kappa shape index (κ3) is 1.99. The average Bonchev–Trinajstić information content (AvgIpc) is 1.90. The number of rotatable bonds is 3. The van der Waals surface area contributed by atoms with Crippen molar-refractivity contribution < 1.29 is 8.42 Å². The second kappa shape index (κ2) is 3.57. The van der Waals surface area contributed by atoms with E-state index in [1.54, 1.807) is 19.9 Å². The van der Waals surface area contributed by atoms with Gasteiger partial charge >= 0.3 is 0 Å².